The molecule has 1 aromatic rings. The molecule has 1 aliphatic heterocycles. The fraction of sp³-hybridized carbons (Fsp3) is 0.562. The summed E-state index contributed by atoms with van der Waals surface area (Å²) >= 11 is 0. The monoisotopic (exact) mass is 291 g/mol. The first-order valence-corrected chi connectivity index (χ1v) is 7.65. The minimum absolute atomic E-state index is 0.127. The highest BCUT2D eigenvalue weighted by atomic mass is 16.5. The molecule has 2 rings (SSSR count). The van der Waals surface area contributed by atoms with Crippen LogP contribution in [0.2, 0.25) is 0 Å². The summed E-state index contributed by atoms with van der Waals surface area (Å²) in [4.78, 5) is 14.6. The van der Waals surface area contributed by atoms with Crippen LogP contribution in [0.1, 0.15) is 36.0 Å². The van der Waals surface area contributed by atoms with E-state index < -0.39 is 0 Å². The van der Waals surface area contributed by atoms with Crippen LogP contribution >= 0.6 is 0 Å². The summed E-state index contributed by atoms with van der Waals surface area (Å²) in [5.74, 6) is 0.426. The summed E-state index contributed by atoms with van der Waals surface area (Å²) in [6.07, 6.45) is 4.92. The highest BCUT2D eigenvalue weighted by Gasteiger charge is 2.13. The first kappa shape index (κ1) is 15.6. The molecule has 0 unspecified atom stereocenters. The summed E-state index contributed by atoms with van der Waals surface area (Å²) < 4.78 is 5.20. The molecule has 0 atom stereocenters. The highest BCUT2D eigenvalue weighted by Crippen LogP contribution is 2.20. The maximum absolute atomic E-state index is 12.2. The lowest BCUT2D eigenvalue weighted by Gasteiger charge is -2.26. The number of nitrogens with two attached hydrogens (primary N) is 1. The molecule has 1 amide bonds. The Hall–Kier alpha value is -1.75. The van der Waals surface area contributed by atoms with Gasteiger partial charge in [-0.1, -0.05) is 6.42 Å². The van der Waals surface area contributed by atoms with Gasteiger partial charge >= 0.3 is 0 Å². The molecule has 0 saturated carbocycles. The van der Waals surface area contributed by atoms with E-state index in [4.69, 9.17) is 10.5 Å². The Morgan fingerprint density at radius 2 is 2.10 bits per heavy atom. The normalized spacial score (nSPS) is 15.7. The number of carbonyl (C=O) groups excluding carboxylic acids is 1. The van der Waals surface area contributed by atoms with E-state index in [1.165, 1.54) is 32.4 Å². The number of methoxy groups -OCH3 is 1. The zero-order valence-corrected chi connectivity index (χ0v) is 12.7. The van der Waals surface area contributed by atoms with Gasteiger partial charge in [0.15, 0.2) is 0 Å². The third-order valence-corrected chi connectivity index (χ3v) is 3.85. The number of anilines is 1. The quantitative estimate of drug-likeness (QED) is 0.620. The fourth-order valence-corrected chi connectivity index (χ4v) is 2.69. The predicted octanol–water partition coefficient (Wildman–Crippen LogP) is 1.88. The van der Waals surface area contributed by atoms with Crippen LogP contribution in [0.15, 0.2) is 18.2 Å². The van der Waals surface area contributed by atoms with E-state index in [-0.39, 0.29) is 5.91 Å². The Morgan fingerprint density at radius 3 is 2.81 bits per heavy atom. The maximum Gasteiger partial charge on any atom is 0.255 e. The lowest BCUT2D eigenvalue weighted by Crippen LogP contribution is -2.33. The third kappa shape index (κ3) is 4.63. The van der Waals surface area contributed by atoms with Gasteiger partial charge in [0.05, 0.1) is 12.7 Å². The van der Waals surface area contributed by atoms with Crippen LogP contribution in [0.3, 0.4) is 0 Å². The molecule has 1 aromatic carbocycles. The molecule has 1 saturated heterocycles. The lowest BCUT2D eigenvalue weighted by molar-refractivity contribution is 0.0948. The summed E-state index contributed by atoms with van der Waals surface area (Å²) in [5, 5.41) is 2.94. The van der Waals surface area contributed by atoms with Crippen LogP contribution in [0.25, 0.3) is 0 Å². The number of piperidine rings is 1. The van der Waals surface area contributed by atoms with Gasteiger partial charge in [-0.25, -0.2) is 0 Å². The Kier molecular flexibility index (Phi) is 5.87. The molecule has 21 heavy (non-hydrogen) atoms. The van der Waals surface area contributed by atoms with Gasteiger partial charge in [-0.15, -0.1) is 0 Å². The SMILES string of the molecule is COc1ccc(N)cc1C(=O)NCCCN1CCCCC1. The molecule has 3 N–H and O–H groups in total. The summed E-state index contributed by atoms with van der Waals surface area (Å²) in [6, 6.07) is 5.10. The summed E-state index contributed by atoms with van der Waals surface area (Å²) in [7, 11) is 1.55. The van der Waals surface area contributed by atoms with Gasteiger partial charge in [-0.05, 0) is 57.1 Å². The van der Waals surface area contributed by atoms with E-state index in [1.54, 1.807) is 25.3 Å². The van der Waals surface area contributed by atoms with Crippen molar-refractivity contribution in [1.29, 1.82) is 0 Å². The standard InChI is InChI=1S/C16H25N3O2/c1-21-15-7-6-13(17)12-14(15)16(20)18-8-5-11-19-9-3-2-4-10-19/h6-7,12H,2-5,8-11,17H2,1H3,(H,18,20). The summed E-state index contributed by atoms with van der Waals surface area (Å²) in [5.41, 5.74) is 6.79. The van der Waals surface area contributed by atoms with Crippen LogP contribution in [0.5, 0.6) is 5.75 Å². The number of rotatable bonds is 6. The number of carbonyl (C=O) groups is 1. The zero-order valence-electron chi connectivity index (χ0n) is 12.7. The number of benzene rings is 1. The molecule has 1 aliphatic rings. The number of ether oxygens (including phenoxy) is 1. The van der Waals surface area contributed by atoms with Gasteiger partial charge in [-0.3, -0.25) is 4.79 Å². The van der Waals surface area contributed by atoms with Crippen LogP contribution < -0.4 is 15.8 Å². The van der Waals surface area contributed by atoms with Crippen molar-refractivity contribution in [3.8, 4) is 5.75 Å². The van der Waals surface area contributed by atoms with Gasteiger partial charge in [0.2, 0.25) is 0 Å². The van der Waals surface area contributed by atoms with Crippen molar-refractivity contribution in [2.75, 3.05) is 39.0 Å². The topological polar surface area (TPSA) is 67.6 Å². The van der Waals surface area contributed by atoms with Crippen molar-refractivity contribution < 1.29 is 9.53 Å². The van der Waals surface area contributed by atoms with Crippen molar-refractivity contribution in [2.45, 2.75) is 25.7 Å². The average Bonchev–Trinajstić information content (AvgIpc) is 2.52. The van der Waals surface area contributed by atoms with E-state index >= 15 is 0 Å². The second-order valence-electron chi connectivity index (χ2n) is 5.47. The molecule has 116 valence electrons. The second-order valence-corrected chi connectivity index (χ2v) is 5.47. The summed E-state index contributed by atoms with van der Waals surface area (Å²) in [6.45, 7) is 4.11. The number of nitrogens with zero attached hydrogens (tertiary/aromatic N) is 1. The van der Waals surface area contributed by atoms with Crippen molar-refractivity contribution in [3.63, 3.8) is 0 Å². The molecule has 5 heteroatoms. The van der Waals surface area contributed by atoms with E-state index in [0.717, 1.165) is 13.0 Å². The molecular weight excluding hydrogens is 266 g/mol. The van der Waals surface area contributed by atoms with Gasteiger partial charge in [0.1, 0.15) is 5.75 Å². The van der Waals surface area contributed by atoms with Gasteiger partial charge in [-0.2, -0.15) is 0 Å². The Morgan fingerprint density at radius 1 is 1.33 bits per heavy atom. The van der Waals surface area contributed by atoms with Crippen molar-refractivity contribution >= 4 is 11.6 Å². The fourth-order valence-electron chi connectivity index (χ4n) is 2.69. The number of likely N-dealkylation sites (tertiary alicyclic amines) is 1. The number of hydrogen-bond donors (Lipinski definition) is 2. The minimum atomic E-state index is -0.127. The molecule has 1 heterocycles. The van der Waals surface area contributed by atoms with E-state index in [1.807, 2.05) is 0 Å². The number of hydrogen-bond acceptors (Lipinski definition) is 4. The molecule has 0 radical (unpaired) electrons. The van der Waals surface area contributed by atoms with E-state index in [9.17, 15) is 4.79 Å². The molecule has 0 bridgehead atoms. The van der Waals surface area contributed by atoms with Crippen LogP contribution in [-0.4, -0.2) is 44.1 Å². The number of amides is 1. The number of nitrogen functional groups attached to an aromatic ring is 1. The smallest absolute Gasteiger partial charge is 0.255 e. The third-order valence-electron chi connectivity index (χ3n) is 3.85. The average molecular weight is 291 g/mol. The second kappa shape index (κ2) is 7.88. The largest absolute Gasteiger partial charge is 0.496 e. The van der Waals surface area contributed by atoms with Gasteiger partial charge in [0, 0.05) is 12.2 Å². The van der Waals surface area contributed by atoms with Crippen LogP contribution in [-0.2, 0) is 0 Å². The van der Waals surface area contributed by atoms with Gasteiger partial charge < -0.3 is 20.7 Å². The predicted molar refractivity (Wildman–Crippen MR) is 84.6 cm³/mol. The lowest BCUT2D eigenvalue weighted by atomic mass is 10.1. The van der Waals surface area contributed by atoms with Crippen molar-refractivity contribution in [3.05, 3.63) is 23.8 Å². The van der Waals surface area contributed by atoms with Crippen molar-refractivity contribution in [2.24, 2.45) is 0 Å². The molecule has 0 spiro atoms. The highest BCUT2D eigenvalue weighted by molar-refractivity contribution is 5.97. The molecule has 1 fully saturated rings. The maximum atomic E-state index is 12.2. The van der Waals surface area contributed by atoms with Gasteiger partial charge in [0.25, 0.3) is 5.91 Å². The first-order chi connectivity index (χ1) is 10.2. The molecule has 5 nitrogen and oxygen atoms in total. The first-order valence-electron chi connectivity index (χ1n) is 7.65. The van der Waals surface area contributed by atoms with Crippen LogP contribution in [0, 0.1) is 0 Å². The van der Waals surface area contributed by atoms with Crippen LogP contribution in [0.4, 0.5) is 5.69 Å². The zero-order chi connectivity index (χ0) is 15.1. The minimum Gasteiger partial charge on any atom is -0.496 e. The van der Waals surface area contributed by atoms with Crippen molar-refractivity contribution in [1.82, 2.24) is 10.2 Å². The Balaban J connectivity index is 1.77. The molecule has 0 aliphatic carbocycles. The Labute approximate surface area is 126 Å². The van der Waals surface area contributed by atoms with E-state index in [0.29, 0.717) is 23.5 Å². The Bertz CT molecular complexity index is 471. The number of nitrogens with one attached hydrogen (secondary N) is 1. The molecule has 0 aromatic heterocycles. The van der Waals surface area contributed by atoms with E-state index in [2.05, 4.69) is 10.2 Å². The molecular formula is C16H25N3O2.